The van der Waals surface area contributed by atoms with Gasteiger partial charge in [0, 0.05) is 0 Å². The predicted molar refractivity (Wildman–Crippen MR) is 36.7 cm³/mol. The molecule has 0 aliphatic heterocycles. The van der Waals surface area contributed by atoms with Crippen molar-refractivity contribution in [1.82, 2.24) is 0 Å². The fourth-order valence-corrected chi connectivity index (χ4v) is 2.40. The molecule has 0 unspecified atom stereocenters. The van der Waals surface area contributed by atoms with Gasteiger partial charge < -0.3 is 4.89 Å². The standard InChI is InChI=1S/C6H11.HO2P.Zn/c1-2-4-6-5-3-1;1-3-2;/h1H,2-6H2;(H,1,2);. The molecule has 1 N–H and O–H groups in total. The van der Waals surface area contributed by atoms with Gasteiger partial charge in [-0.15, -0.1) is 0 Å². The molecule has 0 saturated heterocycles. The van der Waals surface area contributed by atoms with Gasteiger partial charge in [0.25, 0.3) is 0 Å². The molecule has 1 rings (SSSR count). The van der Waals surface area contributed by atoms with E-state index in [2.05, 4.69) is 0 Å². The predicted octanol–water partition coefficient (Wildman–Crippen LogP) is 2.47. The zero-order chi connectivity index (χ0) is 7.82. The number of hydrogen-bond donors (Lipinski definition) is 1. The van der Waals surface area contributed by atoms with Crippen LogP contribution < -0.4 is 0 Å². The van der Waals surface area contributed by atoms with Crippen molar-refractivity contribution in [2.75, 3.05) is 0 Å². The van der Waals surface area contributed by atoms with E-state index in [4.69, 9.17) is 9.46 Å². The van der Waals surface area contributed by atoms with Crippen LogP contribution in [0.3, 0.4) is 0 Å². The van der Waals surface area contributed by atoms with Crippen molar-refractivity contribution in [3.8, 4) is 0 Å². The molecule has 55 valence electrons. The van der Waals surface area contributed by atoms with Gasteiger partial charge >= 0.3 is 63.6 Å². The first-order chi connectivity index (χ1) is 4.81. The molecule has 10 heavy (non-hydrogen) atoms. The van der Waals surface area contributed by atoms with Gasteiger partial charge in [0.2, 0.25) is 0 Å². The summed E-state index contributed by atoms with van der Waals surface area (Å²) < 4.78 is 9.62. The van der Waals surface area contributed by atoms with Crippen LogP contribution in [0.5, 0.6) is 0 Å². The zero-order valence-corrected chi connectivity index (χ0v) is 9.98. The first-order valence-corrected chi connectivity index (χ1v) is 6.09. The Balaban J connectivity index is 0.000000236. The maximum absolute atomic E-state index is 8.46. The van der Waals surface area contributed by atoms with Crippen molar-refractivity contribution in [3.05, 3.63) is 0 Å². The molecule has 0 spiro atoms. The van der Waals surface area contributed by atoms with E-state index in [1.807, 2.05) is 0 Å². The molecule has 1 saturated carbocycles. The molecular formula is C6H12O2PZn. The molecule has 0 aromatic carbocycles. The summed E-state index contributed by atoms with van der Waals surface area (Å²) in [6.07, 6.45) is 7.63. The second-order valence-electron chi connectivity index (χ2n) is 2.59. The van der Waals surface area contributed by atoms with Crippen molar-refractivity contribution in [3.63, 3.8) is 0 Å². The fourth-order valence-electron chi connectivity index (χ4n) is 1.19. The monoisotopic (exact) mass is 211 g/mol. The van der Waals surface area contributed by atoms with Gasteiger partial charge in [0.1, 0.15) is 0 Å². The van der Waals surface area contributed by atoms with Gasteiger partial charge in [0.15, 0.2) is 0 Å². The summed E-state index contributed by atoms with van der Waals surface area (Å²) in [5.41, 5.74) is 0. The van der Waals surface area contributed by atoms with Crippen LogP contribution in [0.25, 0.3) is 0 Å². The van der Waals surface area contributed by atoms with Crippen LogP contribution in [0.1, 0.15) is 32.1 Å². The molecule has 1 fully saturated rings. The van der Waals surface area contributed by atoms with Crippen LogP contribution in [0.15, 0.2) is 0 Å². The number of hydrogen-bond acceptors (Lipinski definition) is 1. The Bertz CT molecular complexity index is 83.8. The number of rotatable bonds is 0. The molecule has 0 atom stereocenters. The first kappa shape index (κ1) is 10.7. The van der Waals surface area contributed by atoms with Crippen LogP contribution in [-0.4, -0.2) is 4.89 Å². The molecule has 1 aliphatic rings. The van der Waals surface area contributed by atoms with Crippen molar-refractivity contribution in [1.29, 1.82) is 0 Å². The van der Waals surface area contributed by atoms with E-state index in [9.17, 15) is 0 Å². The van der Waals surface area contributed by atoms with E-state index in [0.29, 0.717) is 0 Å². The average molecular weight is 213 g/mol. The van der Waals surface area contributed by atoms with E-state index in [0.717, 1.165) is 4.51 Å². The summed E-state index contributed by atoms with van der Waals surface area (Å²) >= 11 is 1.54. The molecular weight excluding hydrogens is 200 g/mol. The van der Waals surface area contributed by atoms with Gasteiger partial charge in [-0.1, -0.05) is 0 Å². The summed E-state index contributed by atoms with van der Waals surface area (Å²) in [4.78, 5) is 6.99. The van der Waals surface area contributed by atoms with Gasteiger partial charge in [-0.3, -0.25) is 0 Å². The maximum atomic E-state index is 8.46. The van der Waals surface area contributed by atoms with Gasteiger partial charge in [-0.25, -0.2) is 4.57 Å². The minimum atomic E-state index is -0.833. The summed E-state index contributed by atoms with van der Waals surface area (Å²) in [7, 11) is -0.833. The van der Waals surface area contributed by atoms with E-state index < -0.39 is 8.69 Å². The molecule has 2 nitrogen and oxygen atoms in total. The van der Waals surface area contributed by atoms with Crippen LogP contribution >= 0.6 is 8.69 Å². The van der Waals surface area contributed by atoms with Crippen LogP contribution in [0.2, 0.25) is 4.51 Å². The Kier molecular flexibility index (Phi) is 8.32. The van der Waals surface area contributed by atoms with Gasteiger partial charge in [0.05, 0.1) is 0 Å². The van der Waals surface area contributed by atoms with Crippen molar-refractivity contribution < 1.29 is 27.8 Å². The Morgan fingerprint density at radius 1 is 1.30 bits per heavy atom. The molecule has 0 aromatic rings. The Labute approximate surface area is 73.4 Å². The van der Waals surface area contributed by atoms with E-state index in [1.165, 1.54) is 19.3 Å². The van der Waals surface area contributed by atoms with Crippen LogP contribution in [0.4, 0.5) is 0 Å². The van der Waals surface area contributed by atoms with Gasteiger partial charge in [-0.05, 0) is 0 Å². The second-order valence-corrected chi connectivity index (χ2v) is 5.17. The Morgan fingerprint density at radius 3 is 1.90 bits per heavy atom. The third kappa shape index (κ3) is 6.80. The van der Waals surface area contributed by atoms with E-state index in [1.54, 1.807) is 31.1 Å². The van der Waals surface area contributed by atoms with Gasteiger partial charge in [-0.2, -0.15) is 0 Å². The molecule has 0 aromatic heterocycles. The summed E-state index contributed by atoms with van der Waals surface area (Å²) in [5, 5.41) is 0. The summed E-state index contributed by atoms with van der Waals surface area (Å²) in [5.74, 6) is 0. The van der Waals surface area contributed by atoms with Crippen LogP contribution in [-0.2, 0) is 22.9 Å². The average Bonchev–Trinajstić information content (AvgIpc) is 1.91. The first-order valence-electron chi connectivity index (χ1n) is 3.61. The fraction of sp³-hybridized carbons (Fsp3) is 1.00. The van der Waals surface area contributed by atoms with Crippen molar-refractivity contribution in [2.45, 2.75) is 36.6 Å². The molecule has 0 bridgehead atoms. The summed E-state index contributed by atoms with van der Waals surface area (Å²) in [6.45, 7) is 0. The summed E-state index contributed by atoms with van der Waals surface area (Å²) in [6, 6.07) is 0. The van der Waals surface area contributed by atoms with Crippen molar-refractivity contribution >= 4 is 8.69 Å². The second kappa shape index (κ2) is 7.79. The Morgan fingerprint density at radius 2 is 1.70 bits per heavy atom. The molecule has 0 heterocycles. The minimum absolute atomic E-state index is 0.833. The topological polar surface area (TPSA) is 37.3 Å². The van der Waals surface area contributed by atoms with Crippen molar-refractivity contribution in [2.24, 2.45) is 0 Å². The quantitative estimate of drug-likeness (QED) is 0.495. The van der Waals surface area contributed by atoms with E-state index in [-0.39, 0.29) is 0 Å². The normalized spacial score (nSPS) is 19.9. The third-order valence-corrected chi connectivity index (χ3v) is 3.44. The third-order valence-electron chi connectivity index (χ3n) is 1.72. The Hall–Kier alpha value is 0.683. The molecule has 0 amide bonds. The zero-order valence-electron chi connectivity index (χ0n) is 6.12. The molecule has 0 radical (unpaired) electrons. The van der Waals surface area contributed by atoms with Crippen LogP contribution in [0, 0.1) is 0 Å². The SMILES string of the molecule is O=PO.[Zn][CH]1CCCCC1. The molecule has 1 aliphatic carbocycles. The van der Waals surface area contributed by atoms with E-state index >= 15 is 0 Å². The molecule has 4 heteroatoms.